The average molecular weight is 304 g/mol. The van der Waals surface area contributed by atoms with E-state index >= 15 is 0 Å². The lowest BCUT2D eigenvalue weighted by atomic mass is 10.1. The van der Waals surface area contributed by atoms with E-state index in [-0.39, 0.29) is 0 Å². The lowest BCUT2D eigenvalue weighted by Crippen LogP contribution is -2.14. The van der Waals surface area contributed by atoms with Crippen molar-refractivity contribution in [3.8, 4) is 5.75 Å². The number of aromatic nitrogens is 1. The van der Waals surface area contributed by atoms with Crippen LogP contribution in [0, 0.1) is 6.92 Å². The fourth-order valence-electron chi connectivity index (χ4n) is 2.33. The summed E-state index contributed by atoms with van der Waals surface area (Å²) in [7, 11) is 1.94. The summed E-state index contributed by atoms with van der Waals surface area (Å²) < 4.78 is 5.12. The molecule has 0 spiro atoms. The summed E-state index contributed by atoms with van der Waals surface area (Å²) in [5.74, 6) is 1.27. The van der Waals surface area contributed by atoms with E-state index in [0.717, 1.165) is 30.7 Å². The fraction of sp³-hybridized carbons (Fsp3) is 0.500. The lowest BCUT2D eigenvalue weighted by Gasteiger charge is -2.09. The first-order chi connectivity index (χ1) is 10.5. The maximum Gasteiger partial charge on any atom is 0.138 e. The first-order valence-electron chi connectivity index (χ1n) is 7.93. The monoisotopic (exact) mass is 304 g/mol. The minimum Gasteiger partial charge on any atom is -0.508 e. The molecule has 2 aromatic rings. The Bertz CT molecular complexity index is 547. The summed E-state index contributed by atoms with van der Waals surface area (Å²) in [5, 5.41) is 16.1. The lowest BCUT2D eigenvalue weighted by molar-refractivity contribution is 0.389. The van der Waals surface area contributed by atoms with Gasteiger partial charge in [0, 0.05) is 11.6 Å². The van der Waals surface area contributed by atoms with Crippen molar-refractivity contribution in [2.24, 2.45) is 0 Å². The van der Waals surface area contributed by atoms with E-state index in [1.165, 1.54) is 11.1 Å². The van der Waals surface area contributed by atoms with Crippen LogP contribution in [0.1, 0.15) is 55.8 Å². The smallest absolute Gasteiger partial charge is 0.138 e. The van der Waals surface area contributed by atoms with Gasteiger partial charge in [0.2, 0.25) is 0 Å². The van der Waals surface area contributed by atoms with Crippen molar-refractivity contribution in [1.29, 1.82) is 0 Å². The van der Waals surface area contributed by atoms with E-state index in [0.29, 0.717) is 11.8 Å². The highest BCUT2D eigenvalue weighted by Crippen LogP contribution is 2.21. The Labute approximate surface area is 133 Å². The molecule has 2 rings (SSSR count). The molecule has 0 aliphatic carbocycles. The molecule has 0 amide bonds. The normalized spacial score (nSPS) is 11.7. The van der Waals surface area contributed by atoms with E-state index in [9.17, 15) is 0 Å². The average Bonchev–Trinajstić information content (AvgIpc) is 2.90. The van der Waals surface area contributed by atoms with Gasteiger partial charge >= 0.3 is 0 Å². The molecule has 122 valence electrons. The summed E-state index contributed by atoms with van der Waals surface area (Å²) in [6.07, 6.45) is 3.18. The van der Waals surface area contributed by atoms with Crippen molar-refractivity contribution in [3.63, 3.8) is 0 Å². The third-order valence-electron chi connectivity index (χ3n) is 3.66. The number of benzene rings is 1. The number of rotatable bonds is 5. The summed E-state index contributed by atoms with van der Waals surface area (Å²) in [5.41, 5.74) is 3.56. The number of aromatic hydroxyl groups is 1. The molecular formula is C18H28N2O2. The van der Waals surface area contributed by atoms with E-state index in [4.69, 9.17) is 9.63 Å². The van der Waals surface area contributed by atoms with Gasteiger partial charge in [0.25, 0.3) is 0 Å². The molecule has 4 nitrogen and oxygen atoms in total. The van der Waals surface area contributed by atoms with Gasteiger partial charge in [-0.25, -0.2) is 0 Å². The van der Waals surface area contributed by atoms with Crippen LogP contribution < -0.4 is 5.32 Å². The third kappa shape index (κ3) is 5.19. The number of aryl methyl sites for hydroxylation is 3. The van der Waals surface area contributed by atoms with Gasteiger partial charge in [-0.1, -0.05) is 37.6 Å². The van der Waals surface area contributed by atoms with Crippen LogP contribution in [0.15, 0.2) is 28.8 Å². The molecule has 4 heteroatoms. The summed E-state index contributed by atoms with van der Waals surface area (Å²) in [6.45, 7) is 8.30. The Morgan fingerprint density at radius 2 is 1.86 bits per heavy atom. The van der Waals surface area contributed by atoms with Crippen LogP contribution in [0.2, 0.25) is 0 Å². The van der Waals surface area contributed by atoms with Crippen LogP contribution in [0.4, 0.5) is 0 Å². The number of nitrogens with one attached hydrogen (secondary N) is 1. The predicted molar refractivity (Wildman–Crippen MR) is 90.2 cm³/mol. The molecule has 0 aliphatic rings. The first kappa shape index (κ1) is 18.2. The van der Waals surface area contributed by atoms with Gasteiger partial charge in [-0.3, -0.25) is 0 Å². The molecule has 0 saturated heterocycles. The molecule has 1 unspecified atom stereocenters. The van der Waals surface area contributed by atoms with Crippen LogP contribution in [0.5, 0.6) is 5.75 Å². The van der Waals surface area contributed by atoms with Crippen molar-refractivity contribution < 1.29 is 9.63 Å². The highest BCUT2D eigenvalue weighted by Gasteiger charge is 2.15. The number of nitrogens with zero attached hydrogens (tertiary/aromatic N) is 1. The number of phenols is 1. The van der Waals surface area contributed by atoms with Crippen molar-refractivity contribution in [1.82, 2.24) is 10.5 Å². The van der Waals surface area contributed by atoms with E-state index in [2.05, 4.69) is 31.2 Å². The molecule has 1 atom stereocenters. The van der Waals surface area contributed by atoms with Crippen LogP contribution in [0.3, 0.4) is 0 Å². The first-order valence-corrected chi connectivity index (χ1v) is 7.93. The molecule has 2 N–H and O–H groups in total. The van der Waals surface area contributed by atoms with Gasteiger partial charge in [0.05, 0.1) is 5.69 Å². The van der Waals surface area contributed by atoms with Crippen LogP contribution in [-0.2, 0) is 12.8 Å². The molecular weight excluding hydrogens is 276 g/mol. The van der Waals surface area contributed by atoms with Gasteiger partial charge in [-0.2, -0.15) is 0 Å². The quantitative estimate of drug-likeness (QED) is 0.870. The topological polar surface area (TPSA) is 58.3 Å². The van der Waals surface area contributed by atoms with E-state index in [1.807, 2.05) is 26.1 Å². The molecule has 0 bridgehead atoms. The standard InChI is InChI=1S/C9H16N2O.C9H12O/c1-5-8-9(6(2)10-4)7(3)12-11-8;1-2-3-8-4-6-9(10)7-5-8/h6,10H,5H2,1-4H3;4-7,10H,2-3H2,1H3. The molecule has 0 aliphatic heterocycles. The highest BCUT2D eigenvalue weighted by atomic mass is 16.5. The second-order valence-corrected chi connectivity index (χ2v) is 5.38. The largest absolute Gasteiger partial charge is 0.508 e. The van der Waals surface area contributed by atoms with Crippen LogP contribution in [0.25, 0.3) is 0 Å². The van der Waals surface area contributed by atoms with Gasteiger partial charge in [0.15, 0.2) is 0 Å². The van der Waals surface area contributed by atoms with Crippen LogP contribution >= 0.6 is 0 Å². The molecule has 0 radical (unpaired) electrons. The highest BCUT2D eigenvalue weighted by molar-refractivity contribution is 5.26. The summed E-state index contributed by atoms with van der Waals surface area (Å²) >= 11 is 0. The molecule has 0 fully saturated rings. The molecule has 1 heterocycles. The number of hydrogen-bond acceptors (Lipinski definition) is 4. The molecule has 1 aromatic heterocycles. The Hall–Kier alpha value is -1.81. The minimum absolute atomic E-state index is 0.325. The zero-order chi connectivity index (χ0) is 16.5. The Balaban J connectivity index is 0.000000224. The maximum absolute atomic E-state index is 8.92. The molecule has 22 heavy (non-hydrogen) atoms. The second-order valence-electron chi connectivity index (χ2n) is 5.38. The SMILES string of the molecule is CCCc1ccc(O)cc1.CCc1noc(C)c1C(C)NC. The Morgan fingerprint density at radius 1 is 1.23 bits per heavy atom. The van der Waals surface area contributed by atoms with E-state index in [1.54, 1.807) is 12.1 Å². The zero-order valence-electron chi connectivity index (χ0n) is 14.3. The molecule has 1 aromatic carbocycles. The number of hydrogen-bond donors (Lipinski definition) is 2. The second kappa shape index (κ2) is 9.26. The van der Waals surface area contributed by atoms with Crippen molar-refractivity contribution in [3.05, 3.63) is 46.8 Å². The molecule has 0 saturated carbocycles. The third-order valence-corrected chi connectivity index (χ3v) is 3.66. The summed E-state index contributed by atoms with van der Waals surface area (Å²) in [6, 6.07) is 7.69. The summed E-state index contributed by atoms with van der Waals surface area (Å²) in [4.78, 5) is 0. The Kier molecular flexibility index (Phi) is 7.67. The fourth-order valence-corrected chi connectivity index (χ4v) is 2.33. The van der Waals surface area contributed by atoms with Gasteiger partial charge in [0.1, 0.15) is 11.5 Å². The van der Waals surface area contributed by atoms with Crippen molar-refractivity contribution in [2.45, 2.75) is 53.0 Å². The van der Waals surface area contributed by atoms with Gasteiger partial charge < -0.3 is 14.9 Å². The van der Waals surface area contributed by atoms with Crippen molar-refractivity contribution >= 4 is 0 Å². The Morgan fingerprint density at radius 3 is 2.36 bits per heavy atom. The van der Waals surface area contributed by atoms with Crippen molar-refractivity contribution in [2.75, 3.05) is 7.05 Å². The number of phenolic OH excluding ortho intramolecular Hbond substituents is 1. The van der Waals surface area contributed by atoms with E-state index < -0.39 is 0 Å². The predicted octanol–water partition coefficient (Wildman–Crippen LogP) is 4.17. The van der Waals surface area contributed by atoms with Gasteiger partial charge in [-0.05, 0) is 51.4 Å². The van der Waals surface area contributed by atoms with Gasteiger partial charge in [-0.15, -0.1) is 0 Å². The van der Waals surface area contributed by atoms with Crippen LogP contribution in [-0.4, -0.2) is 17.3 Å². The minimum atomic E-state index is 0.325. The maximum atomic E-state index is 8.92. The zero-order valence-corrected chi connectivity index (χ0v) is 14.3.